The highest BCUT2D eigenvalue weighted by molar-refractivity contribution is 5.90. The molecule has 0 amide bonds. The first-order chi connectivity index (χ1) is 22.7. The lowest BCUT2D eigenvalue weighted by Crippen LogP contribution is -2.30. The summed E-state index contributed by atoms with van der Waals surface area (Å²) in [6, 6.07) is 63.9. The maximum Gasteiger partial charge on any atom is 0.132 e. The van der Waals surface area contributed by atoms with Crippen LogP contribution in [0.2, 0.25) is 0 Å². The van der Waals surface area contributed by atoms with Gasteiger partial charge < -0.3 is 4.74 Å². The molecule has 7 aromatic rings. The maximum atomic E-state index is 6.65. The van der Waals surface area contributed by atoms with Crippen LogP contribution in [0.3, 0.4) is 0 Å². The molecule has 0 spiro atoms. The second-order valence-electron chi connectivity index (χ2n) is 12.6. The first kappa shape index (κ1) is 26.7. The molecule has 1 aliphatic heterocycles. The topological polar surface area (TPSA) is 9.23 Å². The van der Waals surface area contributed by atoms with Gasteiger partial charge in [-0.2, -0.15) is 0 Å². The zero-order valence-electron chi connectivity index (χ0n) is 25.7. The lowest BCUT2D eigenvalue weighted by atomic mass is 9.66. The summed E-state index contributed by atoms with van der Waals surface area (Å²) < 4.78 is 6.65. The van der Waals surface area contributed by atoms with Gasteiger partial charge in [0, 0.05) is 11.1 Å². The van der Waals surface area contributed by atoms with Crippen molar-refractivity contribution in [2.24, 2.45) is 0 Å². The molecule has 1 unspecified atom stereocenters. The van der Waals surface area contributed by atoms with Gasteiger partial charge in [-0.25, -0.2) is 0 Å². The Kier molecular flexibility index (Phi) is 5.92. The van der Waals surface area contributed by atoms with Crippen molar-refractivity contribution >= 4 is 0 Å². The van der Waals surface area contributed by atoms with Gasteiger partial charge in [0.2, 0.25) is 0 Å². The van der Waals surface area contributed by atoms with Crippen molar-refractivity contribution in [3.63, 3.8) is 0 Å². The number of hydrogen-bond acceptors (Lipinski definition) is 1. The van der Waals surface area contributed by atoms with E-state index in [2.05, 4.69) is 183 Å². The van der Waals surface area contributed by atoms with E-state index in [1.54, 1.807) is 0 Å². The number of hydrogen-bond donors (Lipinski definition) is 0. The van der Waals surface area contributed by atoms with Crippen LogP contribution < -0.4 is 4.74 Å². The molecule has 9 rings (SSSR count). The van der Waals surface area contributed by atoms with Crippen molar-refractivity contribution in [3.05, 3.63) is 215 Å². The first-order valence-corrected chi connectivity index (χ1v) is 16.0. The quantitative estimate of drug-likeness (QED) is 0.199. The van der Waals surface area contributed by atoms with E-state index in [0.717, 1.165) is 11.5 Å². The van der Waals surface area contributed by atoms with Crippen LogP contribution in [0.15, 0.2) is 176 Å². The lowest BCUT2D eigenvalue weighted by molar-refractivity contribution is 0.428. The Morgan fingerprint density at radius 2 is 0.913 bits per heavy atom. The van der Waals surface area contributed by atoms with Crippen LogP contribution in [0.25, 0.3) is 22.3 Å². The molecule has 1 atom stereocenters. The molecule has 1 heteroatoms. The van der Waals surface area contributed by atoms with Gasteiger partial charge in [-0.05, 0) is 75.2 Å². The van der Waals surface area contributed by atoms with Crippen LogP contribution in [0.1, 0.15) is 45.9 Å². The fourth-order valence-corrected chi connectivity index (χ4v) is 8.28. The molecule has 2 aliphatic rings. The smallest absolute Gasteiger partial charge is 0.132 e. The van der Waals surface area contributed by atoms with Gasteiger partial charge in [-0.3, -0.25) is 0 Å². The van der Waals surface area contributed by atoms with E-state index in [9.17, 15) is 0 Å². The van der Waals surface area contributed by atoms with Gasteiger partial charge in [-0.15, -0.1) is 0 Å². The zero-order valence-corrected chi connectivity index (χ0v) is 25.7. The van der Waals surface area contributed by atoms with E-state index in [1.165, 1.54) is 61.2 Å². The number of ether oxygens (including phenoxy) is 1. The number of rotatable bonds is 4. The predicted octanol–water partition coefficient (Wildman–Crippen LogP) is 11.2. The van der Waals surface area contributed by atoms with Crippen molar-refractivity contribution in [1.29, 1.82) is 0 Å². The van der Waals surface area contributed by atoms with Crippen molar-refractivity contribution < 1.29 is 4.74 Å². The molecule has 218 valence electrons. The minimum atomic E-state index is -0.413. The third kappa shape index (κ3) is 3.63. The van der Waals surface area contributed by atoms with Crippen molar-refractivity contribution in [2.75, 3.05) is 0 Å². The first-order valence-electron chi connectivity index (χ1n) is 16.0. The molecule has 1 nitrogen and oxygen atoms in total. The van der Waals surface area contributed by atoms with Gasteiger partial charge in [-0.1, -0.05) is 158 Å². The second-order valence-corrected chi connectivity index (χ2v) is 12.6. The summed E-state index contributed by atoms with van der Waals surface area (Å²) in [5.41, 5.74) is 12.9. The largest absolute Gasteiger partial charge is 0.457 e. The fraction of sp³-hybridized carbons (Fsp3) is 0.0667. The number of fused-ring (bicyclic) bond motifs is 5. The van der Waals surface area contributed by atoms with Gasteiger partial charge in [0.05, 0.1) is 10.8 Å². The zero-order chi connectivity index (χ0) is 30.7. The summed E-state index contributed by atoms with van der Waals surface area (Å²) in [5, 5.41) is 0. The minimum absolute atomic E-state index is 0.406. The summed E-state index contributed by atoms with van der Waals surface area (Å²) in [6.07, 6.45) is 0. The Bertz CT molecular complexity index is 2190. The molecule has 46 heavy (non-hydrogen) atoms. The predicted molar refractivity (Wildman–Crippen MR) is 188 cm³/mol. The normalized spacial score (nSPS) is 16.8. The van der Waals surface area contributed by atoms with E-state index < -0.39 is 10.8 Å². The Hall–Kier alpha value is -5.66. The van der Waals surface area contributed by atoms with E-state index in [1.807, 2.05) is 0 Å². The summed E-state index contributed by atoms with van der Waals surface area (Å²) in [7, 11) is 0. The Morgan fingerprint density at radius 1 is 0.391 bits per heavy atom. The molecule has 0 fully saturated rings. The van der Waals surface area contributed by atoms with Gasteiger partial charge >= 0.3 is 0 Å². The standard InChI is InChI=1S/C45H32O/c1-44(32-16-5-2-6-17-32)40-25-13-14-26-41(40)46-42-27-15-23-35(43(42)44)31-28-29-39-37(30-31)36-22-11-12-24-38(36)45(39,33-18-7-3-8-19-33)34-20-9-4-10-21-34/h2-30H,1H3. The molecule has 0 radical (unpaired) electrons. The molecule has 0 aromatic heterocycles. The van der Waals surface area contributed by atoms with Crippen LogP contribution in [-0.4, -0.2) is 0 Å². The summed E-state index contributed by atoms with van der Waals surface area (Å²) in [6.45, 7) is 2.35. The lowest BCUT2D eigenvalue weighted by Gasteiger charge is -2.39. The van der Waals surface area contributed by atoms with E-state index in [4.69, 9.17) is 4.74 Å². The highest BCUT2D eigenvalue weighted by Gasteiger charge is 2.46. The number of benzene rings is 7. The van der Waals surface area contributed by atoms with Crippen LogP contribution >= 0.6 is 0 Å². The Balaban J connectivity index is 1.32. The van der Waals surface area contributed by atoms with Gasteiger partial charge in [0.15, 0.2) is 0 Å². The summed E-state index contributed by atoms with van der Waals surface area (Å²) in [4.78, 5) is 0. The molecule has 0 N–H and O–H groups in total. The molecular formula is C45H32O. The van der Waals surface area contributed by atoms with Crippen molar-refractivity contribution in [2.45, 2.75) is 17.8 Å². The monoisotopic (exact) mass is 588 g/mol. The fourth-order valence-electron chi connectivity index (χ4n) is 8.28. The number of para-hydroxylation sites is 1. The summed E-state index contributed by atoms with van der Waals surface area (Å²) >= 11 is 0. The Labute approximate surface area is 270 Å². The third-order valence-corrected chi connectivity index (χ3v) is 10.3. The van der Waals surface area contributed by atoms with Crippen LogP contribution in [0.4, 0.5) is 0 Å². The minimum Gasteiger partial charge on any atom is -0.457 e. The van der Waals surface area contributed by atoms with Crippen molar-refractivity contribution in [1.82, 2.24) is 0 Å². The van der Waals surface area contributed by atoms with Gasteiger partial charge in [0.25, 0.3) is 0 Å². The molecular weight excluding hydrogens is 556 g/mol. The molecule has 0 saturated heterocycles. The summed E-state index contributed by atoms with van der Waals surface area (Å²) in [5.74, 6) is 1.82. The van der Waals surface area contributed by atoms with Crippen molar-refractivity contribution in [3.8, 4) is 33.8 Å². The van der Waals surface area contributed by atoms with Crippen LogP contribution in [-0.2, 0) is 10.8 Å². The molecule has 0 bridgehead atoms. The SMILES string of the molecule is CC1(c2ccccc2)c2ccccc2Oc2cccc(-c3ccc4c(c3)-c3ccccc3C4(c3ccccc3)c3ccccc3)c21. The average Bonchev–Trinajstić information content (AvgIpc) is 3.43. The molecule has 0 saturated carbocycles. The molecule has 7 aromatic carbocycles. The van der Waals surface area contributed by atoms with E-state index in [0.29, 0.717) is 0 Å². The van der Waals surface area contributed by atoms with E-state index >= 15 is 0 Å². The van der Waals surface area contributed by atoms with Crippen LogP contribution in [0.5, 0.6) is 11.5 Å². The van der Waals surface area contributed by atoms with Crippen LogP contribution in [0, 0.1) is 0 Å². The maximum absolute atomic E-state index is 6.65. The highest BCUT2D eigenvalue weighted by Crippen LogP contribution is 2.58. The third-order valence-electron chi connectivity index (χ3n) is 10.3. The Morgan fingerprint density at radius 3 is 1.61 bits per heavy atom. The molecule has 1 heterocycles. The highest BCUT2D eigenvalue weighted by atomic mass is 16.5. The van der Waals surface area contributed by atoms with Gasteiger partial charge in [0.1, 0.15) is 11.5 Å². The second kappa shape index (κ2) is 10.2. The molecule has 1 aliphatic carbocycles. The van der Waals surface area contributed by atoms with E-state index in [-0.39, 0.29) is 0 Å². The average molecular weight is 589 g/mol.